The van der Waals surface area contributed by atoms with Crippen LogP contribution in [0, 0.1) is 13.8 Å². The van der Waals surface area contributed by atoms with Crippen molar-refractivity contribution in [3.8, 4) is 11.5 Å². The molecule has 4 nitrogen and oxygen atoms in total. The molecule has 1 atom stereocenters. The van der Waals surface area contributed by atoms with E-state index in [1.165, 1.54) is 5.56 Å². The maximum absolute atomic E-state index is 12.2. The highest BCUT2D eigenvalue weighted by Gasteiger charge is 2.15. The minimum absolute atomic E-state index is 0.123. The molecule has 0 saturated carbocycles. The van der Waals surface area contributed by atoms with Gasteiger partial charge in [0.05, 0.1) is 6.54 Å². The predicted octanol–water partition coefficient (Wildman–Crippen LogP) is 4.56. The molecule has 0 spiro atoms. The molecule has 0 heterocycles. The van der Waals surface area contributed by atoms with Crippen LogP contribution in [-0.2, 0) is 10.2 Å². The van der Waals surface area contributed by atoms with Gasteiger partial charge in [0.25, 0.3) is 5.91 Å². The van der Waals surface area contributed by atoms with Gasteiger partial charge in [-0.05, 0) is 61.1 Å². The van der Waals surface area contributed by atoms with Crippen LogP contribution in [0.25, 0.3) is 0 Å². The van der Waals surface area contributed by atoms with Crippen LogP contribution in [0.5, 0.6) is 11.5 Å². The summed E-state index contributed by atoms with van der Waals surface area (Å²) >= 11 is 0. The Bertz CT molecular complexity index is 760. The maximum Gasteiger partial charge on any atom is 0.260 e. The van der Waals surface area contributed by atoms with Crippen molar-refractivity contribution < 1.29 is 14.3 Å². The predicted molar refractivity (Wildman–Crippen MR) is 110 cm³/mol. The van der Waals surface area contributed by atoms with Gasteiger partial charge in [0, 0.05) is 0 Å². The highest BCUT2D eigenvalue weighted by molar-refractivity contribution is 5.80. The van der Waals surface area contributed by atoms with Crippen LogP contribution in [0.3, 0.4) is 0 Å². The lowest BCUT2D eigenvalue weighted by molar-refractivity contribution is -0.127. The largest absolute Gasteiger partial charge is 0.492 e. The first-order chi connectivity index (χ1) is 12.7. The van der Waals surface area contributed by atoms with E-state index >= 15 is 0 Å². The molecule has 0 bridgehead atoms. The van der Waals surface area contributed by atoms with Gasteiger partial charge in [0.15, 0.2) is 6.10 Å². The summed E-state index contributed by atoms with van der Waals surface area (Å²) in [4.78, 5) is 12.2. The number of ether oxygens (including phenoxy) is 2. The summed E-state index contributed by atoms with van der Waals surface area (Å²) in [6.07, 6.45) is -0.559. The molecule has 0 saturated heterocycles. The van der Waals surface area contributed by atoms with E-state index in [1.807, 2.05) is 44.2 Å². The second-order valence-electron chi connectivity index (χ2n) is 7.94. The van der Waals surface area contributed by atoms with Gasteiger partial charge in [0.1, 0.15) is 18.1 Å². The van der Waals surface area contributed by atoms with Crippen LogP contribution in [0.15, 0.2) is 42.5 Å². The molecular formula is C23H31NO3. The fourth-order valence-corrected chi connectivity index (χ4v) is 2.62. The standard InChI is InChI=1S/C23H31NO3/c1-16-7-8-17(2)21(15-16)27-18(3)22(25)24-13-14-26-20-11-9-19(10-12-20)23(4,5)6/h7-12,15,18H,13-14H2,1-6H3,(H,24,25)/t18-/m1/s1. The van der Waals surface area contributed by atoms with Gasteiger partial charge in [-0.2, -0.15) is 0 Å². The zero-order chi connectivity index (χ0) is 20.0. The average Bonchev–Trinajstić information content (AvgIpc) is 2.61. The average molecular weight is 370 g/mol. The number of carbonyl (C=O) groups is 1. The first kappa shape index (κ1) is 20.8. The summed E-state index contributed by atoms with van der Waals surface area (Å²) in [7, 11) is 0. The topological polar surface area (TPSA) is 47.6 Å². The van der Waals surface area contributed by atoms with Crippen LogP contribution in [0.4, 0.5) is 0 Å². The first-order valence-corrected chi connectivity index (χ1v) is 9.42. The molecule has 0 aliphatic rings. The Morgan fingerprint density at radius 3 is 2.37 bits per heavy atom. The van der Waals surface area contributed by atoms with E-state index in [0.29, 0.717) is 13.2 Å². The fourth-order valence-electron chi connectivity index (χ4n) is 2.62. The van der Waals surface area contributed by atoms with Crippen molar-refractivity contribution in [3.63, 3.8) is 0 Å². The number of hydrogen-bond donors (Lipinski definition) is 1. The molecular weight excluding hydrogens is 338 g/mol. The zero-order valence-electron chi connectivity index (χ0n) is 17.3. The highest BCUT2D eigenvalue weighted by atomic mass is 16.5. The van der Waals surface area contributed by atoms with Crippen LogP contribution < -0.4 is 14.8 Å². The Balaban J connectivity index is 1.76. The van der Waals surface area contributed by atoms with E-state index < -0.39 is 6.10 Å². The minimum Gasteiger partial charge on any atom is -0.492 e. The molecule has 4 heteroatoms. The van der Waals surface area contributed by atoms with Gasteiger partial charge in [-0.3, -0.25) is 4.79 Å². The van der Waals surface area contributed by atoms with Gasteiger partial charge in [-0.25, -0.2) is 0 Å². The lowest BCUT2D eigenvalue weighted by Crippen LogP contribution is -2.38. The number of rotatable bonds is 7. The van der Waals surface area contributed by atoms with Gasteiger partial charge < -0.3 is 14.8 Å². The molecule has 2 rings (SSSR count). The first-order valence-electron chi connectivity index (χ1n) is 9.42. The molecule has 2 aromatic rings. The molecule has 146 valence electrons. The summed E-state index contributed by atoms with van der Waals surface area (Å²) in [5.74, 6) is 1.40. The van der Waals surface area contributed by atoms with Crippen molar-refractivity contribution in [2.75, 3.05) is 13.2 Å². The normalized spacial score (nSPS) is 12.4. The van der Waals surface area contributed by atoms with E-state index in [4.69, 9.17) is 9.47 Å². The van der Waals surface area contributed by atoms with Crippen molar-refractivity contribution in [2.24, 2.45) is 0 Å². The third-order valence-electron chi connectivity index (χ3n) is 4.41. The summed E-state index contributed by atoms with van der Waals surface area (Å²) < 4.78 is 11.5. The summed E-state index contributed by atoms with van der Waals surface area (Å²) in [6, 6.07) is 14.1. The van der Waals surface area contributed by atoms with Crippen LogP contribution in [0.2, 0.25) is 0 Å². The summed E-state index contributed by atoms with van der Waals surface area (Å²) in [6.45, 7) is 13.1. The van der Waals surface area contributed by atoms with Crippen molar-refractivity contribution in [3.05, 3.63) is 59.2 Å². The summed E-state index contributed by atoms with van der Waals surface area (Å²) in [5, 5.41) is 2.85. The van der Waals surface area contributed by atoms with Crippen LogP contribution in [-0.4, -0.2) is 25.2 Å². The third kappa shape index (κ3) is 6.31. The van der Waals surface area contributed by atoms with Gasteiger partial charge in [0.2, 0.25) is 0 Å². The van der Waals surface area contributed by atoms with E-state index in [0.717, 1.165) is 22.6 Å². The lowest BCUT2D eigenvalue weighted by atomic mass is 9.87. The van der Waals surface area contributed by atoms with Crippen molar-refractivity contribution in [2.45, 2.75) is 53.1 Å². The summed E-state index contributed by atoms with van der Waals surface area (Å²) in [5.41, 5.74) is 3.51. The monoisotopic (exact) mass is 369 g/mol. The van der Waals surface area contributed by atoms with Crippen LogP contribution in [0.1, 0.15) is 44.4 Å². The Kier molecular flexibility index (Phi) is 6.89. The molecule has 0 fully saturated rings. The molecule has 0 aliphatic carbocycles. The molecule has 1 amide bonds. The SMILES string of the molecule is Cc1ccc(C)c(O[C@H](C)C(=O)NCCOc2ccc(C(C)(C)C)cc2)c1. The quantitative estimate of drug-likeness (QED) is 0.728. The Labute approximate surface area is 162 Å². The van der Waals surface area contributed by atoms with E-state index in [-0.39, 0.29) is 11.3 Å². The van der Waals surface area contributed by atoms with Crippen LogP contribution >= 0.6 is 0 Å². The molecule has 0 aromatic heterocycles. The van der Waals surface area contributed by atoms with Crippen molar-refractivity contribution in [1.82, 2.24) is 5.32 Å². The maximum atomic E-state index is 12.2. The van der Waals surface area contributed by atoms with E-state index in [2.05, 4.69) is 38.2 Å². The van der Waals surface area contributed by atoms with Gasteiger partial charge >= 0.3 is 0 Å². The number of hydrogen-bond acceptors (Lipinski definition) is 3. The zero-order valence-corrected chi connectivity index (χ0v) is 17.3. The van der Waals surface area contributed by atoms with Crippen molar-refractivity contribution in [1.29, 1.82) is 0 Å². The number of nitrogens with one attached hydrogen (secondary N) is 1. The Morgan fingerprint density at radius 1 is 1.07 bits per heavy atom. The van der Waals surface area contributed by atoms with Crippen molar-refractivity contribution >= 4 is 5.91 Å². The Morgan fingerprint density at radius 2 is 1.74 bits per heavy atom. The number of benzene rings is 2. The molecule has 27 heavy (non-hydrogen) atoms. The number of carbonyl (C=O) groups excluding carboxylic acids is 1. The molecule has 0 unspecified atom stereocenters. The lowest BCUT2D eigenvalue weighted by Gasteiger charge is -2.19. The third-order valence-corrected chi connectivity index (χ3v) is 4.41. The molecule has 0 radical (unpaired) electrons. The Hall–Kier alpha value is -2.49. The number of aryl methyl sites for hydroxylation is 2. The minimum atomic E-state index is -0.559. The second kappa shape index (κ2) is 8.94. The van der Waals surface area contributed by atoms with E-state index in [1.54, 1.807) is 6.92 Å². The highest BCUT2D eigenvalue weighted by Crippen LogP contribution is 2.24. The molecule has 0 aliphatic heterocycles. The smallest absolute Gasteiger partial charge is 0.260 e. The number of amides is 1. The van der Waals surface area contributed by atoms with E-state index in [9.17, 15) is 4.79 Å². The van der Waals surface area contributed by atoms with Gasteiger partial charge in [-0.15, -0.1) is 0 Å². The van der Waals surface area contributed by atoms with Gasteiger partial charge in [-0.1, -0.05) is 45.0 Å². The fraction of sp³-hybridized carbons (Fsp3) is 0.435. The second-order valence-corrected chi connectivity index (χ2v) is 7.94. The molecule has 1 N–H and O–H groups in total. The molecule has 2 aromatic carbocycles.